The highest BCUT2D eigenvalue weighted by Crippen LogP contribution is 2.26. The van der Waals surface area contributed by atoms with Gasteiger partial charge in [-0.05, 0) is 17.9 Å². The van der Waals surface area contributed by atoms with E-state index in [9.17, 15) is 14.9 Å². The molecule has 2 heterocycles. The third-order valence-corrected chi connectivity index (χ3v) is 6.29. The first-order valence-corrected chi connectivity index (χ1v) is 10.3. The Labute approximate surface area is 161 Å². The summed E-state index contributed by atoms with van der Waals surface area (Å²) >= 11 is 4.38. The quantitative estimate of drug-likeness (QED) is 0.247. The number of nitro benzene ring substituents is 1. The Kier molecular flexibility index (Phi) is 6.31. The maximum atomic E-state index is 12.2. The molecule has 2 aromatic heterocycles. The number of rotatable bonds is 9. The number of nitro groups is 1. The summed E-state index contributed by atoms with van der Waals surface area (Å²) < 4.78 is 0.683. The molecule has 0 bridgehead atoms. The van der Waals surface area contributed by atoms with Gasteiger partial charge in [0.1, 0.15) is 0 Å². The monoisotopic (exact) mass is 406 g/mol. The van der Waals surface area contributed by atoms with Crippen LogP contribution in [-0.2, 0) is 6.42 Å². The molecular weight excluding hydrogens is 392 g/mol. The predicted octanol–water partition coefficient (Wildman–Crippen LogP) is 4.14. The highest BCUT2D eigenvalue weighted by molar-refractivity contribution is 8.01. The fourth-order valence-electron chi connectivity index (χ4n) is 2.09. The number of carbonyl (C=O) groups excluding carboxylic acids is 1. The number of thioether (sulfide) groups is 1. The molecule has 10 heteroatoms. The summed E-state index contributed by atoms with van der Waals surface area (Å²) in [5.41, 5.74) is 0.236. The van der Waals surface area contributed by atoms with Crippen molar-refractivity contribution in [1.82, 2.24) is 10.2 Å². The van der Waals surface area contributed by atoms with Crippen molar-refractivity contribution in [3.63, 3.8) is 0 Å². The average Bonchev–Trinajstić information content (AvgIpc) is 3.32. The number of hydrogen-bond acceptors (Lipinski definition) is 9. The molecular formula is C16H14N4O3S3. The molecule has 0 amide bonds. The summed E-state index contributed by atoms with van der Waals surface area (Å²) in [7, 11) is 0. The van der Waals surface area contributed by atoms with E-state index < -0.39 is 4.92 Å². The van der Waals surface area contributed by atoms with E-state index in [4.69, 9.17) is 0 Å². The third kappa shape index (κ3) is 5.10. The highest BCUT2D eigenvalue weighted by Gasteiger charge is 2.13. The topological polar surface area (TPSA) is 98.0 Å². The minimum Gasteiger partial charge on any atom is -0.360 e. The number of nitrogens with one attached hydrogen (secondary N) is 1. The lowest BCUT2D eigenvalue weighted by Gasteiger charge is -2.00. The van der Waals surface area contributed by atoms with Gasteiger partial charge >= 0.3 is 0 Å². The smallest absolute Gasteiger partial charge is 0.270 e. The Hall–Kier alpha value is -2.30. The van der Waals surface area contributed by atoms with E-state index in [0.29, 0.717) is 15.0 Å². The lowest BCUT2D eigenvalue weighted by Crippen LogP contribution is -2.03. The Morgan fingerprint density at radius 1 is 1.27 bits per heavy atom. The largest absolute Gasteiger partial charge is 0.360 e. The summed E-state index contributed by atoms with van der Waals surface area (Å²) in [5, 5.41) is 24.9. The van der Waals surface area contributed by atoms with Crippen LogP contribution >= 0.6 is 34.4 Å². The van der Waals surface area contributed by atoms with E-state index >= 15 is 0 Å². The van der Waals surface area contributed by atoms with Crippen LogP contribution in [0.5, 0.6) is 0 Å². The summed E-state index contributed by atoms with van der Waals surface area (Å²) in [6, 6.07) is 9.86. The maximum Gasteiger partial charge on any atom is 0.270 e. The number of ketones is 1. The van der Waals surface area contributed by atoms with E-state index in [0.717, 1.165) is 13.0 Å². The van der Waals surface area contributed by atoms with Crippen LogP contribution in [-0.4, -0.2) is 33.2 Å². The Balaban J connectivity index is 1.49. The van der Waals surface area contributed by atoms with E-state index in [-0.39, 0.29) is 17.2 Å². The molecule has 0 atom stereocenters. The van der Waals surface area contributed by atoms with Crippen molar-refractivity contribution >= 4 is 51.0 Å². The number of anilines is 1. The number of aromatic nitrogens is 2. The molecule has 0 saturated heterocycles. The van der Waals surface area contributed by atoms with E-state index in [1.165, 1.54) is 46.2 Å². The molecule has 0 saturated carbocycles. The van der Waals surface area contributed by atoms with Gasteiger partial charge in [-0.15, -0.1) is 21.5 Å². The van der Waals surface area contributed by atoms with Crippen LogP contribution in [0.15, 0.2) is 46.1 Å². The Morgan fingerprint density at radius 3 is 2.92 bits per heavy atom. The summed E-state index contributed by atoms with van der Waals surface area (Å²) in [6.07, 6.45) is 0.922. The second-order valence-electron chi connectivity index (χ2n) is 5.15. The van der Waals surface area contributed by atoms with Crippen molar-refractivity contribution < 1.29 is 9.72 Å². The van der Waals surface area contributed by atoms with E-state index in [2.05, 4.69) is 21.6 Å². The summed E-state index contributed by atoms with van der Waals surface area (Å²) in [6.45, 7) is 0.770. The van der Waals surface area contributed by atoms with Gasteiger partial charge in [-0.25, -0.2) is 0 Å². The Bertz CT molecular complexity index is 896. The van der Waals surface area contributed by atoms with Crippen molar-refractivity contribution in [2.75, 3.05) is 17.6 Å². The van der Waals surface area contributed by atoms with Gasteiger partial charge in [0.25, 0.3) is 5.69 Å². The minimum absolute atomic E-state index is 0.0889. The van der Waals surface area contributed by atoms with Gasteiger partial charge in [-0.2, -0.15) is 0 Å². The molecule has 1 N–H and O–H groups in total. The van der Waals surface area contributed by atoms with Crippen molar-refractivity contribution in [2.24, 2.45) is 0 Å². The van der Waals surface area contributed by atoms with Crippen LogP contribution in [0.3, 0.4) is 0 Å². The lowest BCUT2D eigenvalue weighted by molar-refractivity contribution is -0.384. The van der Waals surface area contributed by atoms with Crippen molar-refractivity contribution in [1.29, 1.82) is 0 Å². The fraction of sp³-hybridized carbons (Fsp3) is 0.188. The van der Waals surface area contributed by atoms with Crippen LogP contribution in [0.2, 0.25) is 0 Å². The predicted molar refractivity (Wildman–Crippen MR) is 105 cm³/mol. The molecule has 1 aromatic carbocycles. The molecule has 26 heavy (non-hydrogen) atoms. The fourth-order valence-corrected chi connectivity index (χ4v) is 4.47. The molecule has 0 aliphatic heterocycles. The first kappa shape index (κ1) is 18.5. The lowest BCUT2D eigenvalue weighted by atomic mass is 10.1. The molecule has 7 nitrogen and oxygen atoms in total. The van der Waals surface area contributed by atoms with Gasteiger partial charge in [0, 0.05) is 29.1 Å². The maximum absolute atomic E-state index is 12.2. The average molecular weight is 407 g/mol. The molecule has 0 radical (unpaired) electrons. The van der Waals surface area contributed by atoms with Crippen molar-refractivity contribution in [3.8, 4) is 0 Å². The molecule has 0 aliphatic carbocycles. The summed E-state index contributed by atoms with van der Waals surface area (Å²) in [5.74, 6) is -0.0218. The standard InChI is InChI=1S/C16H14N4O3S3/c21-14(11-3-1-4-12(9-11)20(22)23)10-25-16-19-18-15(26-16)17-7-6-13-5-2-8-24-13/h1-5,8-9H,6-7,10H2,(H,17,18). The SMILES string of the molecule is O=C(CSc1nnc(NCCc2cccs2)s1)c1cccc([N+](=O)[O-])c1. The first-order valence-electron chi connectivity index (χ1n) is 7.62. The zero-order valence-corrected chi connectivity index (χ0v) is 15.9. The van der Waals surface area contributed by atoms with Crippen LogP contribution in [0.4, 0.5) is 10.8 Å². The van der Waals surface area contributed by atoms with Crippen molar-refractivity contribution in [2.45, 2.75) is 10.8 Å². The van der Waals surface area contributed by atoms with Crippen LogP contribution in [0.25, 0.3) is 0 Å². The van der Waals surface area contributed by atoms with Gasteiger partial charge in [-0.1, -0.05) is 41.3 Å². The van der Waals surface area contributed by atoms with Gasteiger partial charge in [0.2, 0.25) is 5.13 Å². The molecule has 0 unspecified atom stereocenters. The number of benzene rings is 1. The number of Topliss-reactive ketones (excluding diaryl/α,β-unsaturated/α-hetero) is 1. The van der Waals surface area contributed by atoms with Gasteiger partial charge < -0.3 is 5.32 Å². The van der Waals surface area contributed by atoms with E-state index in [1.54, 1.807) is 17.4 Å². The van der Waals surface area contributed by atoms with Crippen molar-refractivity contribution in [3.05, 3.63) is 62.3 Å². The molecule has 134 valence electrons. The number of carbonyl (C=O) groups is 1. The Morgan fingerprint density at radius 2 is 2.15 bits per heavy atom. The second kappa shape index (κ2) is 8.88. The van der Waals surface area contributed by atoms with E-state index in [1.807, 2.05) is 11.4 Å². The van der Waals surface area contributed by atoms with Gasteiger partial charge in [-0.3, -0.25) is 14.9 Å². The van der Waals surface area contributed by atoms with Crippen LogP contribution in [0, 0.1) is 10.1 Å². The number of nitrogens with zero attached hydrogens (tertiary/aromatic N) is 3. The first-order chi connectivity index (χ1) is 12.6. The van der Waals surface area contributed by atoms with Gasteiger partial charge in [0.05, 0.1) is 10.7 Å². The second-order valence-corrected chi connectivity index (χ2v) is 8.38. The minimum atomic E-state index is -0.511. The van der Waals surface area contributed by atoms with Crippen LogP contribution in [0.1, 0.15) is 15.2 Å². The normalized spacial score (nSPS) is 10.6. The molecule has 0 fully saturated rings. The molecule has 3 rings (SSSR count). The summed E-state index contributed by atoms with van der Waals surface area (Å²) in [4.78, 5) is 23.8. The zero-order chi connectivity index (χ0) is 18.4. The third-order valence-electron chi connectivity index (χ3n) is 3.34. The highest BCUT2D eigenvalue weighted by atomic mass is 32.2. The zero-order valence-electron chi connectivity index (χ0n) is 13.5. The van der Waals surface area contributed by atoms with Crippen LogP contribution < -0.4 is 5.32 Å². The number of hydrogen-bond donors (Lipinski definition) is 1. The molecule has 0 aliphatic rings. The number of thiophene rings is 1. The number of non-ortho nitro benzene ring substituents is 1. The van der Waals surface area contributed by atoms with Gasteiger partial charge in [0.15, 0.2) is 10.1 Å². The molecule has 0 spiro atoms. The molecule has 3 aromatic rings.